The molecule has 0 radical (unpaired) electrons. The highest BCUT2D eigenvalue weighted by Gasteiger charge is 2.26. The highest BCUT2D eigenvalue weighted by atomic mass is 19.1. The summed E-state index contributed by atoms with van der Waals surface area (Å²) in [7, 11) is 0. The van der Waals surface area contributed by atoms with Crippen LogP contribution >= 0.6 is 0 Å². The van der Waals surface area contributed by atoms with Crippen molar-refractivity contribution in [3.8, 4) is 6.01 Å². The van der Waals surface area contributed by atoms with Crippen LogP contribution in [0.15, 0.2) is 42.1 Å². The Hall–Kier alpha value is -3.73. The second-order valence-electron chi connectivity index (χ2n) is 8.66. The van der Waals surface area contributed by atoms with Crippen LogP contribution in [0.2, 0.25) is 0 Å². The summed E-state index contributed by atoms with van der Waals surface area (Å²) in [5, 5.41) is 17.2. The fourth-order valence-corrected chi connectivity index (χ4v) is 4.01. The number of carbonyl (C=O) groups excluding carboxylic acids is 1. The molecule has 178 valence electrons. The lowest BCUT2D eigenvalue weighted by atomic mass is 10.0. The number of nitrogens with zero attached hydrogens (tertiary/aromatic N) is 4. The number of carbonyl (C=O) groups is 1. The summed E-state index contributed by atoms with van der Waals surface area (Å²) < 4.78 is 21.5. The Morgan fingerprint density at radius 2 is 2.15 bits per heavy atom. The second-order valence-corrected chi connectivity index (χ2v) is 8.66. The number of aromatic nitrogens is 2. The van der Waals surface area contributed by atoms with Crippen LogP contribution in [0.1, 0.15) is 28.8 Å². The molecular weight excluding hydrogens is 443 g/mol. The Morgan fingerprint density at radius 3 is 2.88 bits per heavy atom. The van der Waals surface area contributed by atoms with Gasteiger partial charge in [-0.15, -0.1) is 0 Å². The van der Waals surface area contributed by atoms with E-state index < -0.39 is 10.7 Å². The van der Waals surface area contributed by atoms with Crippen molar-refractivity contribution in [2.45, 2.75) is 25.4 Å². The lowest BCUT2D eigenvalue weighted by Crippen LogP contribution is -2.37. The zero-order valence-electron chi connectivity index (χ0n) is 18.5. The summed E-state index contributed by atoms with van der Waals surface area (Å²) in [6.07, 6.45) is 7.26. The number of allylic oxidation sites excluding steroid dienone is 2. The van der Waals surface area contributed by atoms with Crippen LogP contribution in [-0.2, 0) is 6.54 Å². The smallest absolute Gasteiger partial charge is 0.414 e. The number of hydrogen-bond donors (Lipinski definition) is 2. The minimum atomic E-state index is -0.528. The number of rotatable bonds is 6. The molecule has 0 spiro atoms. The largest absolute Gasteiger partial charge is 0.444 e. The van der Waals surface area contributed by atoms with Crippen molar-refractivity contribution < 1.29 is 18.8 Å². The van der Waals surface area contributed by atoms with Gasteiger partial charge in [0.15, 0.2) is 0 Å². The third kappa shape index (κ3) is 4.93. The van der Waals surface area contributed by atoms with Crippen molar-refractivity contribution in [3.05, 3.63) is 69.2 Å². The van der Waals surface area contributed by atoms with Gasteiger partial charge in [-0.1, -0.05) is 6.08 Å². The summed E-state index contributed by atoms with van der Waals surface area (Å²) in [5.74, 6) is -1.12. The zero-order valence-corrected chi connectivity index (χ0v) is 18.5. The van der Waals surface area contributed by atoms with Crippen LogP contribution in [-0.4, -0.2) is 64.1 Å². The minimum Gasteiger partial charge on any atom is -0.444 e. The topological polar surface area (TPSA) is 115 Å². The molecule has 1 aliphatic carbocycles. The van der Waals surface area contributed by atoms with Crippen LogP contribution in [0.3, 0.4) is 0 Å². The molecule has 1 amide bonds. The van der Waals surface area contributed by atoms with Crippen molar-refractivity contribution in [3.63, 3.8) is 0 Å². The first-order valence-corrected chi connectivity index (χ1v) is 11.3. The van der Waals surface area contributed by atoms with Gasteiger partial charge in [0, 0.05) is 49.4 Å². The van der Waals surface area contributed by atoms with E-state index in [4.69, 9.17) is 4.74 Å². The van der Waals surface area contributed by atoms with Crippen LogP contribution < -0.4 is 15.4 Å². The summed E-state index contributed by atoms with van der Waals surface area (Å²) in [4.78, 5) is 28.9. The van der Waals surface area contributed by atoms with E-state index in [-0.39, 0.29) is 29.3 Å². The maximum absolute atomic E-state index is 14.2. The molecule has 11 heteroatoms. The van der Waals surface area contributed by atoms with Gasteiger partial charge in [0.1, 0.15) is 18.6 Å². The van der Waals surface area contributed by atoms with E-state index in [0.717, 1.165) is 29.7 Å². The summed E-state index contributed by atoms with van der Waals surface area (Å²) in [6, 6.07) is 5.02. The van der Waals surface area contributed by atoms with Crippen LogP contribution in [0, 0.1) is 15.9 Å². The quantitative estimate of drug-likeness (QED) is 0.493. The van der Waals surface area contributed by atoms with E-state index in [0.29, 0.717) is 39.3 Å². The Morgan fingerprint density at radius 1 is 1.29 bits per heavy atom. The zero-order chi connectivity index (χ0) is 23.7. The minimum absolute atomic E-state index is 0.0571. The first-order chi connectivity index (χ1) is 16.5. The molecule has 0 atom stereocenters. The highest BCUT2D eigenvalue weighted by Crippen LogP contribution is 2.23. The molecule has 2 N–H and O–H groups in total. The number of halogens is 1. The Labute approximate surface area is 195 Å². The van der Waals surface area contributed by atoms with Gasteiger partial charge < -0.3 is 25.5 Å². The van der Waals surface area contributed by atoms with Crippen LogP contribution in [0.5, 0.6) is 6.01 Å². The molecule has 3 heterocycles. The van der Waals surface area contributed by atoms with E-state index in [1.165, 1.54) is 12.3 Å². The molecule has 0 saturated heterocycles. The number of hydrogen-bond acceptors (Lipinski definition) is 7. The monoisotopic (exact) mass is 468 g/mol. The number of nitro groups is 1. The molecule has 0 bridgehead atoms. The van der Waals surface area contributed by atoms with E-state index in [9.17, 15) is 19.3 Å². The molecule has 2 aromatic rings. The maximum Gasteiger partial charge on any atom is 0.414 e. The summed E-state index contributed by atoms with van der Waals surface area (Å²) in [6.45, 7) is 3.63. The molecule has 0 unspecified atom stereocenters. The first-order valence-electron chi connectivity index (χ1n) is 11.3. The SMILES string of the molecule is O=C(NC1CC1)c1cc(C2=CC=C(CN3CCOc4nc([N+](=O)[O-])cn4CC3)CN2)ccc1F. The average molecular weight is 468 g/mol. The predicted octanol–water partition coefficient (Wildman–Crippen LogP) is 2.09. The van der Waals surface area contributed by atoms with E-state index in [1.807, 2.05) is 12.2 Å². The van der Waals surface area contributed by atoms with E-state index in [1.54, 1.807) is 16.7 Å². The van der Waals surface area contributed by atoms with E-state index in [2.05, 4.69) is 20.5 Å². The Kier molecular flexibility index (Phi) is 6.01. The Balaban J connectivity index is 1.23. The molecule has 1 fully saturated rings. The van der Waals surface area contributed by atoms with Crippen molar-refractivity contribution in [2.75, 3.05) is 32.8 Å². The molecule has 34 heavy (non-hydrogen) atoms. The van der Waals surface area contributed by atoms with Gasteiger partial charge in [-0.2, -0.15) is 0 Å². The summed E-state index contributed by atoms with van der Waals surface area (Å²) in [5.41, 5.74) is 2.80. The van der Waals surface area contributed by atoms with Crippen molar-refractivity contribution in [2.24, 2.45) is 0 Å². The van der Waals surface area contributed by atoms with Gasteiger partial charge in [-0.05, 0) is 53.2 Å². The standard InChI is InChI=1S/C23H25FN6O4/c24-19-5-2-16(11-18(19)22(31)26-17-3-4-17)20-6-1-15(12-25-20)13-28-7-8-29-14-21(30(32)33)27-23(29)34-10-9-28/h1-2,5-6,11,14,17,25H,3-4,7-10,12-13H2,(H,26,31). The predicted molar refractivity (Wildman–Crippen MR) is 122 cm³/mol. The number of ether oxygens (including phenoxy) is 1. The highest BCUT2D eigenvalue weighted by molar-refractivity contribution is 5.95. The van der Waals surface area contributed by atoms with Crippen molar-refractivity contribution >= 4 is 17.4 Å². The number of fused-ring (bicyclic) bond motifs is 1. The lowest BCUT2D eigenvalue weighted by molar-refractivity contribution is -0.389. The first kappa shape index (κ1) is 22.1. The molecule has 10 nitrogen and oxygen atoms in total. The summed E-state index contributed by atoms with van der Waals surface area (Å²) >= 11 is 0. The molecule has 5 rings (SSSR count). The van der Waals surface area contributed by atoms with Crippen LogP contribution in [0.25, 0.3) is 5.70 Å². The number of dihydropyridines is 1. The van der Waals surface area contributed by atoms with Crippen molar-refractivity contribution in [1.82, 2.24) is 25.1 Å². The molecule has 2 aliphatic heterocycles. The molecule has 1 saturated carbocycles. The molecule has 1 aromatic heterocycles. The second kappa shape index (κ2) is 9.26. The lowest BCUT2D eigenvalue weighted by Gasteiger charge is -2.27. The van der Waals surface area contributed by atoms with Gasteiger partial charge in [0.05, 0.1) is 5.56 Å². The molecule has 3 aliphatic rings. The fraction of sp³-hybridized carbons (Fsp3) is 0.391. The van der Waals surface area contributed by atoms with Crippen molar-refractivity contribution in [1.29, 1.82) is 0 Å². The molecule has 1 aromatic carbocycles. The normalized spacial score (nSPS) is 18.4. The van der Waals surface area contributed by atoms with E-state index >= 15 is 0 Å². The van der Waals surface area contributed by atoms with Gasteiger partial charge in [-0.3, -0.25) is 14.3 Å². The third-order valence-electron chi connectivity index (χ3n) is 6.06. The number of benzene rings is 1. The van der Waals surface area contributed by atoms with Crippen LogP contribution in [0.4, 0.5) is 10.2 Å². The number of amides is 1. The third-order valence-corrected chi connectivity index (χ3v) is 6.06. The van der Waals surface area contributed by atoms with Gasteiger partial charge in [0.2, 0.25) is 0 Å². The van der Waals surface area contributed by atoms with Gasteiger partial charge >= 0.3 is 11.8 Å². The van der Waals surface area contributed by atoms with Gasteiger partial charge in [0.25, 0.3) is 5.91 Å². The maximum atomic E-state index is 14.2. The molecular formula is C23H25FN6O4. The number of nitrogens with one attached hydrogen (secondary N) is 2. The average Bonchev–Trinajstić information content (AvgIpc) is 3.54. The Bertz CT molecular complexity index is 1190. The number of imidazole rings is 1. The van der Waals surface area contributed by atoms with Gasteiger partial charge in [-0.25, -0.2) is 4.39 Å². The fourth-order valence-electron chi connectivity index (χ4n) is 4.01.